The van der Waals surface area contributed by atoms with Gasteiger partial charge in [0.1, 0.15) is 5.82 Å². The number of anilines is 1. The van der Waals surface area contributed by atoms with E-state index in [4.69, 9.17) is 0 Å². The Labute approximate surface area is 132 Å². The first-order chi connectivity index (χ1) is 10.6. The molecule has 1 amide bonds. The summed E-state index contributed by atoms with van der Waals surface area (Å²) >= 11 is 0. The molecule has 0 aromatic carbocycles. The highest BCUT2D eigenvalue weighted by Crippen LogP contribution is 2.27. The molecule has 1 aromatic rings. The molecule has 0 aliphatic heterocycles. The second-order valence-electron chi connectivity index (χ2n) is 6.18. The summed E-state index contributed by atoms with van der Waals surface area (Å²) in [7, 11) is 0. The first-order valence-electron chi connectivity index (χ1n) is 8.33. The number of nitrogens with one attached hydrogen (secondary N) is 2. The number of hydrogen-bond donors (Lipinski definition) is 3. The van der Waals surface area contributed by atoms with Crippen LogP contribution in [-0.4, -0.2) is 34.7 Å². The molecular weight excluding hydrogens is 278 g/mol. The smallest absolute Gasteiger partial charge is 0.252 e. The standard InChI is InChI=1S/C17H27N3O2/c1-2-11-18-16(21)14-7-8-15(19-12-14)20-13-17(22)9-5-3-4-6-10-17/h7-8,12,22H,2-6,9-11,13H2,1H3,(H,18,21)(H,19,20). The summed E-state index contributed by atoms with van der Waals surface area (Å²) in [4.78, 5) is 16.1. The molecule has 1 aliphatic carbocycles. The van der Waals surface area contributed by atoms with Gasteiger partial charge in [-0.15, -0.1) is 0 Å². The van der Waals surface area contributed by atoms with Gasteiger partial charge in [0.05, 0.1) is 11.2 Å². The maximum Gasteiger partial charge on any atom is 0.252 e. The number of hydrogen-bond acceptors (Lipinski definition) is 4. The molecular formula is C17H27N3O2. The molecule has 5 heteroatoms. The van der Waals surface area contributed by atoms with E-state index in [0.717, 1.165) is 32.1 Å². The fraction of sp³-hybridized carbons (Fsp3) is 0.647. The van der Waals surface area contributed by atoms with Gasteiger partial charge in [0.2, 0.25) is 0 Å². The lowest BCUT2D eigenvalue weighted by Crippen LogP contribution is -2.36. The minimum Gasteiger partial charge on any atom is -0.388 e. The molecule has 0 bridgehead atoms. The van der Waals surface area contributed by atoms with Gasteiger partial charge in [-0.25, -0.2) is 4.98 Å². The summed E-state index contributed by atoms with van der Waals surface area (Å²) in [5.74, 6) is 0.605. The predicted octanol–water partition coefficient (Wildman–Crippen LogP) is 2.72. The SMILES string of the molecule is CCCNC(=O)c1ccc(NCC2(O)CCCCCC2)nc1. The molecule has 122 valence electrons. The zero-order valence-electron chi connectivity index (χ0n) is 13.4. The molecule has 0 atom stereocenters. The lowest BCUT2D eigenvalue weighted by molar-refractivity contribution is 0.0380. The molecule has 0 saturated heterocycles. The van der Waals surface area contributed by atoms with Crippen LogP contribution in [0.15, 0.2) is 18.3 Å². The van der Waals surface area contributed by atoms with Gasteiger partial charge in [-0.2, -0.15) is 0 Å². The highest BCUT2D eigenvalue weighted by Gasteiger charge is 2.27. The Kier molecular flexibility index (Phi) is 6.19. The third kappa shape index (κ3) is 4.98. The minimum atomic E-state index is -0.630. The van der Waals surface area contributed by atoms with Crippen LogP contribution in [0.1, 0.15) is 62.2 Å². The molecule has 2 rings (SSSR count). The van der Waals surface area contributed by atoms with Gasteiger partial charge in [0.25, 0.3) is 5.91 Å². The van der Waals surface area contributed by atoms with Crippen LogP contribution in [0.4, 0.5) is 5.82 Å². The molecule has 1 fully saturated rings. The van der Waals surface area contributed by atoms with Gasteiger partial charge in [-0.1, -0.05) is 32.6 Å². The van der Waals surface area contributed by atoms with Crippen LogP contribution >= 0.6 is 0 Å². The third-order valence-electron chi connectivity index (χ3n) is 4.19. The van der Waals surface area contributed by atoms with Crippen molar-refractivity contribution in [3.63, 3.8) is 0 Å². The van der Waals surface area contributed by atoms with Crippen molar-refractivity contribution in [2.45, 2.75) is 57.5 Å². The van der Waals surface area contributed by atoms with Crippen LogP contribution in [0.3, 0.4) is 0 Å². The van der Waals surface area contributed by atoms with Crippen LogP contribution in [0.5, 0.6) is 0 Å². The van der Waals surface area contributed by atoms with Crippen LogP contribution in [0.25, 0.3) is 0 Å². The molecule has 1 aromatic heterocycles. The van der Waals surface area contributed by atoms with Crippen molar-refractivity contribution in [1.29, 1.82) is 0 Å². The lowest BCUT2D eigenvalue weighted by Gasteiger charge is -2.27. The lowest BCUT2D eigenvalue weighted by atomic mass is 9.94. The van der Waals surface area contributed by atoms with Crippen LogP contribution < -0.4 is 10.6 Å². The van der Waals surface area contributed by atoms with Crippen molar-refractivity contribution in [2.75, 3.05) is 18.4 Å². The fourth-order valence-corrected chi connectivity index (χ4v) is 2.79. The van der Waals surface area contributed by atoms with Crippen molar-refractivity contribution >= 4 is 11.7 Å². The molecule has 1 heterocycles. The van der Waals surface area contributed by atoms with Crippen molar-refractivity contribution in [3.05, 3.63) is 23.9 Å². The molecule has 22 heavy (non-hydrogen) atoms. The van der Waals surface area contributed by atoms with Crippen LogP contribution in [0, 0.1) is 0 Å². The zero-order chi connectivity index (χ0) is 15.8. The van der Waals surface area contributed by atoms with E-state index in [2.05, 4.69) is 15.6 Å². The van der Waals surface area contributed by atoms with Gasteiger partial charge in [0, 0.05) is 19.3 Å². The van der Waals surface area contributed by atoms with Crippen molar-refractivity contribution in [1.82, 2.24) is 10.3 Å². The van der Waals surface area contributed by atoms with Gasteiger partial charge in [-0.3, -0.25) is 4.79 Å². The fourth-order valence-electron chi connectivity index (χ4n) is 2.79. The van der Waals surface area contributed by atoms with Crippen molar-refractivity contribution in [3.8, 4) is 0 Å². The minimum absolute atomic E-state index is 0.0942. The van der Waals surface area contributed by atoms with Gasteiger partial charge < -0.3 is 15.7 Å². The van der Waals surface area contributed by atoms with Crippen molar-refractivity contribution < 1.29 is 9.90 Å². The van der Waals surface area contributed by atoms with Crippen molar-refractivity contribution in [2.24, 2.45) is 0 Å². The average molecular weight is 305 g/mol. The summed E-state index contributed by atoms with van der Waals surface area (Å²) in [6.07, 6.45) is 8.77. The third-order valence-corrected chi connectivity index (χ3v) is 4.19. The Morgan fingerprint density at radius 1 is 1.27 bits per heavy atom. The van der Waals surface area contributed by atoms with E-state index in [0.29, 0.717) is 24.5 Å². The number of nitrogens with zero attached hydrogens (tertiary/aromatic N) is 1. The summed E-state index contributed by atoms with van der Waals surface area (Å²) in [5, 5.41) is 16.6. The quantitative estimate of drug-likeness (QED) is 0.707. The number of carbonyl (C=O) groups is 1. The summed E-state index contributed by atoms with van der Waals surface area (Å²) in [6.45, 7) is 3.21. The van der Waals surface area contributed by atoms with E-state index in [9.17, 15) is 9.90 Å². The van der Waals surface area contributed by atoms with Crippen LogP contribution in [0.2, 0.25) is 0 Å². The Balaban J connectivity index is 1.86. The highest BCUT2D eigenvalue weighted by atomic mass is 16.3. The highest BCUT2D eigenvalue weighted by molar-refractivity contribution is 5.93. The Hall–Kier alpha value is -1.62. The van der Waals surface area contributed by atoms with Gasteiger partial charge >= 0.3 is 0 Å². The first kappa shape index (κ1) is 16.7. The predicted molar refractivity (Wildman–Crippen MR) is 88.0 cm³/mol. The maximum absolute atomic E-state index is 11.8. The topological polar surface area (TPSA) is 74.2 Å². The van der Waals surface area contributed by atoms with Gasteiger partial charge in [-0.05, 0) is 31.4 Å². The van der Waals surface area contributed by atoms with E-state index < -0.39 is 5.60 Å². The first-order valence-corrected chi connectivity index (χ1v) is 8.33. The Morgan fingerprint density at radius 2 is 2.00 bits per heavy atom. The summed E-state index contributed by atoms with van der Waals surface area (Å²) in [6, 6.07) is 3.55. The number of aromatic nitrogens is 1. The zero-order valence-corrected chi connectivity index (χ0v) is 13.4. The molecule has 0 spiro atoms. The second-order valence-corrected chi connectivity index (χ2v) is 6.18. The number of carbonyl (C=O) groups excluding carboxylic acids is 1. The molecule has 0 radical (unpaired) electrons. The number of pyridine rings is 1. The number of amides is 1. The second kappa shape index (κ2) is 8.13. The maximum atomic E-state index is 11.8. The normalized spacial score (nSPS) is 17.5. The summed E-state index contributed by atoms with van der Waals surface area (Å²) in [5.41, 5.74) is -0.0674. The molecule has 1 saturated carbocycles. The number of rotatable bonds is 6. The molecule has 3 N–H and O–H groups in total. The van der Waals surface area contributed by atoms with E-state index >= 15 is 0 Å². The Bertz CT molecular complexity index is 465. The summed E-state index contributed by atoms with van der Waals surface area (Å²) < 4.78 is 0. The van der Waals surface area contributed by atoms with Crippen LogP contribution in [-0.2, 0) is 0 Å². The monoisotopic (exact) mass is 305 g/mol. The molecule has 1 aliphatic rings. The van der Waals surface area contributed by atoms with E-state index in [1.807, 2.05) is 6.92 Å². The van der Waals surface area contributed by atoms with E-state index in [1.165, 1.54) is 12.8 Å². The average Bonchev–Trinajstić information content (AvgIpc) is 2.76. The largest absolute Gasteiger partial charge is 0.388 e. The Morgan fingerprint density at radius 3 is 2.59 bits per heavy atom. The molecule has 0 unspecified atom stereocenters. The van der Waals surface area contributed by atoms with E-state index in [1.54, 1.807) is 18.3 Å². The number of aliphatic hydroxyl groups is 1. The van der Waals surface area contributed by atoms with Gasteiger partial charge in [0.15, 0.2) is 0 Å². The van der Waals surface area contributed by atoms with E-state index in [-0.39, 0.29) is 5.91 Å². The molecule has 5 nitrogen and oxygen atoms in total.